The number of aliphatic hydroxyl groups excluding tert-OH is 1. The van der Waals surface area contributed by atoms with Crippen LogP contribution in [0.4, 0.5) is 0 Å². The monoisotopic (exact) mass is 686 g/mol. The molecule has 1 saturated heterocycles. The number of oxime groups is 1. The third-order valence-corrected chi connectivity index (χ3v) is 12.1. The Hall–Kier alpha value is -3.90. The van der Waals surface area contributed by atoms with Gasteiger partial charge in [0.05, 0.1) is 17.9 Å². The van der Waals surface area contributed by atoms with Crippen molar-refractivity contribution in [2.24, 2.45) is 21.9 Å². The van der Waals surface area contributed by atoms with Crippen molar-refractivity contribution in [1.82, 2.24) is 5.16 Å². The predicted octanol–water partition coefficient (Wildman–Crippen LogP) is 5.41. The lowest BCUT2D eigenvalue weighted by Crippen LogP contribution is -2.87. The number of ketones is 1. The fourth-order valence-electron chi connectivity index (χ4n) is 9.77. The summed E-state index contributed by atoms with van der Waals surface area (Å²) in [7, 11) is 0. The topological polar surface area (TPSA) is 150 Å². The molecular formula is C39H46N2O9. The second-order valence-electron chi connectivity index (χ2n) is 15.7. The molecule has 0 bridgehead atoms. The molecule has 2 aliphatic heterocycles. The SMILES string of the molecule is CC(=O)O[C@H]1[C@@H](O)[C@H]2C(C)(C)CC[C@H](OCc3cc(-c4ccccc4)no3)[C@]2(C)[C@@]2(O)C(=O)C[C@](C)(C3CC(c4ccccc4)=NO3)O[C@]12C. The summed E-state index contributed by atoms with van der Waals surface area (Å²) in [5.74, 6) is -1.43. The van der Waals surface area contributed by atoms with Crippen molar-refractivity contribution in [2.75, 3.05) is 0 Å². The van der Waals surface area contributed by atoms with E-state index in [0.717, 1.165) is 11.1 Å². The van der Waals surface area contributed by atoms with E-state index in [-0.39, 0.29) is 13.0 Å². The van der Waals surface area contributed by atoms with Crippen LogP contribution in [0.5, 0.6) is 0 Å². The Labute approximate surface area is 291 Å². The Morgan fingerprint density at radius 3 is 2.32 bits per heavy atom. The maximum atomic E-state index is 14.9. The zero-order valence-corrected chi connectivity index (χ0v) is 29.4. The Morgan fingerprint density at radius 1 is 1.00 bits per heavy atom. The number of esters is 1. The first-order valence-electron chi connectivity index (χ1n) is 17.4. The number of carbonyl (C=O) groups excluding carboxylic acids is 2. The van der Waals surface area contributed by atoms with Gasteiger partial charge in [0.25, 0.3) is 0 Å². The lowest BCUT2D eigenvalue weighted by molar-refractivity contribution is -0.384. The van der Waals surface area contributed by atoms with Gasteiger partial charge in [0.2, 0.25) is 0 Å². The van der Waals surface area contributed by atoms with Gasteiger partial charge in [-0.25, -0.2) is 0 Å². The first-order chi connectivity index (χ1) is 23.6. The molecule has 3 fully saturated rings. The predicted molar refractivity (Wildman–Crippen MR) is 182 cm³/mol. The molecule has 1 unspecified atom stereocenters. The molecular weight excluding hydrogens is 640 g/mol. The van der Waals surface area contributed by atoms with E-state index in [4.69, 9.17) is 23.6 Å². The highest BCUT2D eigenvalue weighted by atomic mass is 16.7. The molecule has 2 aliphatic carbocycles. The third-order valence-electron chi connectivity index (χ3n) is 12.1. The number of benzene rings is 2. The summed E-state index contributed by atoms with van der Waals surface area (Å²) in [6.45, 7) is 10.4. The molecule has 50 heavy (non-hydrogen) atoms. The summed E-state index contributed by atoms with van der Waals surface area (Å²) in [6.07, 6.45) is -2.88. The van der Waals surface area contributed by atoms with Crippen molar-refractivity contribution in [1.29, 1.82) is 0 Å². The highest BCUT2D eigenvalue weighted by Gasteiger charge is 2.82. The molecule has 11 heteroatoms. The van der Waals surface area contributed by atoms with E-state index in [9.17, 15) is 19.8 Å². The third kappa shape index (κ3) is 5.15. The standard InChI is InChI=1S/C39H46N2O9/c1-23(42)47-34-32(44)33-35(2,3)18-17-30(46-22-26-19-27(40-48-26)24-13-9-7-10-14-24)37(33,5)39(45)29(43)21-36(4,50-38(34,39)6)31-20-28(41-49-31)25-15-11-8-12-16-25/h7-16,19,30-34,44-45H,17-18,20-22H2,1-6H3/t30-,31?,32-,33-,34-,36+,37-,38+,39-/m0/s1. The average Bonchev–Trinajstić information content (AvgIpc) is 3.77. The number of nitrogens with zero attached hydrogens (tertiary/aromatic N) is 2. The average molecular weight is 687 g/mol. The van der Waals surface area contributed by atoms with Crippen LogP contribution in [-0.2, 0) is 35.2 Å². The van der Waals surface area contributed by atoms with Crippen LogP contribution in [0, 0.1) is 16.7 Å². The molecule has 2 aromatic carbocycles. The van der Waals surface area contributed by atoms with Gasteiger partial charge in [0, 0.05) is 42.7 Å². The number of aliphatic hydroxyl groups is 2. The highest BCUT2D eigenvalue weighted by Crippen LogP contribution is 2.68. The van der Waals surface area contributed by atoms with Gasteiger partial charge in [-0.2, -0.15) is 0 Å². The number of hydrogen-bond donors (Lipinski definition) is 2. The summed E-state index contributed by atoms with van der Waals surface area (Å²) in [5.41, 5.74) is -4.32. The van der Waals surface area contributed by atoms with Gasteiger partial charge < -0.3 is 33.8 Å². The number of ether oxygens (including phenoxy) is 3. The molecule has 4 aliphatic rings. The molecule has 2 saturated carbocycles. The molecule has 3 aromatic rings. The summed E-state index contributed by atoms with van der Waals surface area (Å²) >= 11 is 0. The Bertz CT molecular complexity index is 1790. The van der Waals surface area contributed by atoms with Crippen LogP contribution in [0.3, 0.4) is 0 Å². The summed E-state index contributed by atoms with van der Waals surface area (Å²) in [4.78, 5) is 33.5. The first-order valence-corrected chi connectivity index (χ1v) is 17.4. The van der Waals surface area contributed by atoms with Crippen molar-refractivity contribution in [3.8, 4) is 11.3 Å². The smallest absolute Gasteiger partial charge is 0.303 e. The molecule has 3 heterocycles. The zero-order chi connectivity index (χ0) is 35.7. The molecule has 1 aromatic heterocycles. The van der Waals surface area contributed by atoms with Crippen molar-refractivity contribution in [2.45, 2.75) is 115 Å². The fourth-order valence-corrected chi connectivity index (χ4v) is 9.77. The number of carbonyl (C=O) groups is 2. The normalized spacial score (nSPS) is 37.6. The quantitative estimate of drug-likeness (QED) is 0.309. The van der Waals surface area contributed by atoms with E-state index in [1.165, 1.54) is 6.92 Å². The van der Waals surface area contributed by atoms with E-state index in [2.05, 4.69) is 10.3 Å². The van der Waals surface area contributed by atoms with Gasteiger partial charge in [-0.3, -0.25) is 9.59 Å². The second-order valence-corrected chi connectivity index (χ2v) is 15.7. The van der Waals surface area contributed by atoms with Crippen LogP contribution in [0.25, 0.3) is 11.3 Å². The van der Waals surface area contributed by atoms with Crippen molar-refractivity contribution in [3.63, 3.8) is 0 Å². The Balaban J connectivity index is 1.25. The molecule has 0 amide bonds. The minimum absolute atomic E-state index is 0.0196. The second kappa shape index (κ2) is 12.1. The first kappa shape index (κ1) is 34.5. The number of rotatable bonds is 7. The lowest BCUT2D eigenvalue weighted by atomic mass is 9.39. The van der Waals surface area contributed by atoms with Crippen LogP contribution < -0.4 is 0 Å². The Kier molecular flexibility index (Phi) is 8.37. The molecule has 7 rings (SSSR count). The molecule has 0 spiro atoms. The zero-order valence-electron chi connectivity index (χ0n) is 29.4. The van der Waals surface area contributed by atoms with Gasteiger partial charge in [-0.15, -0.1) is 0 Å². The van der Waals surface area contributed by atoms with Crippen molar-refractivity contribution in [3.05, 3.63) is 78.1 Å². The molecule has 266 valence electrons. The molecule has 11 nitrogen and oxygen atoms in total. The minimum Gasteiger partial charge on any atom is -0.457 e. The number of hydrogen-bond acceptors (Lipinski definition) is 11. The lowest BCUT2D eigenvalue weighted by Gasteiger charge is -2.71. The van der Waals surface area contributed by atoms with E-state index < -0.39 is 69.7 Å². The van der Waals surface area contributed by atoms with E-state index in [1.807, 2.05) is 74.5 Å². The number of fused-ring (bicyclic) bond motifs is 3. The fraction of sp³-hybridized carbons (Fsp3) is 0.538. The van der Waals surface area contributed by atoms with Gasteiger partial charge >= 0.3 is 5.97 Å². The van der Waals surface area contributed by atoms with Crippen LogP contribution in [0.2, 0.25) is 0 Å². The van der Waals surface area contributed by atoms with Crippen LogP contribution in [-0.4, -0.2) is 74.1 Å². The van der Waals surface area contributed by atoms with Gasteiger partial charge in [0.15, 0.2) is 29.4 Å². The molecule has 0 radical (unpaired) electrons. The van der Waals surface area contributed by atoms with Crippen LogP contribution in [0.15, 0.2) is 76.4 Å². The van der Waals surface area contributed by atoms with Crippen LogP contribution >= 0.6 is 0 Å². The summed E-state index contributed by atoms with van der Waals surface area (Å²) in [5, 5.41) is 34.2. The minimum atomic E-state index is -2.26. The largest absolute Gasteiger partial charge is 0.457 e. The molecule has 9 atom stereocenters. The Morgan fingerprint density at radius 2 is 1.66 bits per heavy atom. The maximum Gasteiger partial charge on any atom is 0.303 e. The van der Waals surface area contributed by atoms with E-state index >= 15 is 0 Å². The van der Waals surface area contributed by atoms with Crippen molar-refractivity contribution < 1.29 is 43.4 Å². The van der Waals surface area contributed by atoms with E-state index in [0.29, 0.717) is 36.4 Å². The van der Waals surface area contributed by atoms with Gasteiger partial charge in [-0.05, 0) is 37.7 Å². The highest BCUT2D eigenvalue weighted by molar-refractivity contribution is 6.01. The molecule has 2 N–H and O–H groups in total. The summed E-state index contributed by atoms with van der Waals surface area (Å²) < 4.78 is 25.1. The van der Waals surface area contributed by atoms with Crippen LogP contribution in [0.1, 0.15) is 78.5 Å². The van der Waals surface area contributed by atoms with Gasteiger partial charge in [-0.1, -0.05) is 91.7 Å². The number of aromatic nitrogens is 1. The van der Waals surface area contributed by atoms with E-state index in [1.54, 1.807) is 26.8 Å². The maximum absolute atomic E-state index is 14.9. The van der Waals surface area contributed by atoms with Crippen molar-refractivity contribution >= 4 is 17.5 Å². The number of Topliss-reactive ketones (excluding diaryl/α,β-unsaturated/α-hetero) is 1. The summed E-state index contributed by atoms with van der Waals surface area (Å²) in [6, 6.07) is 21.0. The van der Waals surface area contributed by atoms with Gasteiger partial charge in [0.1, 0.15) is 23.5 Å².